The van der Waals surface area contributed by atoms with Gasteiger partial charge in [0.2, 0.25) is 0 Å². The Kier molecular flexibility index (Phi) is 3.27. The van der Waals surface area contributed by atoms with Gasteiger partial charge in [0.25, 0.3) is 0 Å². The summed E-state index contributed by atoms with van der Waals surface area (Å²) in [7, 11) is 0. The van der Waals surface area contributed by atoms with Crippen molar-refractivity contribution >= 4 is 5.97 Å². The lowest BCUT2D eigenvalue weighted by Crippen LogP contribution is -2.22. The third kappa shape index (κ3) is 2.26. The molecule has 16 heavy (non-hydrogen) atoms. The van der Waals surface area contributed by atoms with Crippen LogP contribution in [0.3, 0.4) is 0 Å². The fourth-order valence-electron chi connectivity index (χ4n) is 2.42. The van der Waals surface area contributed by atoms with Crippen LogP contribution in [-0.4, -0.2) is 20.6 Å². The van der Waals surface area contributed by atoms with Gasteiger partial charge in [-0.1, -0.05) is 6.92 Å². The van der Waals surface area contributed by atoms with Crippen LogP contribution in [0, 0.1) is 5.92 Å². The highest BCUT2D eigenvalue weighted by Crippen LogP contribution is 2.25. The van der Waals surface area contributed by atoms with E-state index < -0.39 is 5.97 Å². The quantitative estimate of drug-likeness (QED) is 0.846. The highest BCUT2D eigenvalue weighted by molar-refractivity contribution is 5.66. The molecule has 1 unspecified atom stereocenters. The number of nitrogens with zero attached hydrogens (tertiary/aromatic N) is 2. The van der Waals surface area contributed by atoms with Crippen LogP contribution in [-0.2, 0) is 24.2 Å². The Morgan fingerprint density at radius 2 is 2.50 bits per heavy atom. The molecule has 0 saturated carbocycles. The second kappa shape index (κ2) is 4.68. The number of imidazole rings is 1. The predicted molar refractivity (Wildman–Crippen MR) is 60.3 cm³/mol. The van der Waals surface area contributed by atoms with Crippen molar-refractivity contribution in [2.24, 2.45) is 5.92 Å². The molecule has 0 spiro atoms. The Bertz CT molecular complexity index is 371. The smallest absolute Gasteiger partial charge is 0.303 e. The molecule has 1 N–H and O–H groups in total. The van der Waals surface area contributed by atoms with Crippen LogP contribution in [0.5, 0.6) is 0 Å². The Morgan fingerprint density at radius 1 is 1.69 bits per heavy atom. The van der Waals surface area contributed by atoms with Crippen LogP contribution in [0.25, 0.3) is 0 Å². The van der Waals surface area contributed by atoms with Crippen molar-refractivity contribution in [1.29, 1.82) is 0 Å². The molecule has 0 radical (unpaired) electrons. The Balaban J connectivity index is 2.01. The number of aromatic nitrogens is 2. The number of hydrogen-bond donors (Lipinski definition) is 1. The zero-order valence-corrected chi connectivity index (χ0v) is 9.65. The van der Waals surface area contributed by atoms with Crippen molar-refractivity contribution in [1.82, 2.24) is 9.55 Å². The second-order valence-corrected chi connectivity index (χ2v) is 4.47. The number of fused-ring (bicyclic) bond motifs is 1. The summed E-state index contributed by atoms with van der Waals surface area (Å²) in [5.41, 5.74) is 1.31. The van der Waals surface area contributed by atoms with Gasteiger partial charge in [-0.3, -0.25) is 4.79 Å². The molecule has 4 heteroatoms. The van der Waals surface area contributed by atoms with Crippen LogP contribution in [0.4, 0.5) is 0 Å². The zero-order chi connectivity index (χ0) is 11.5. The standard InChI is InChI=1S/C12H18N2O2/c1-2-11-13-7-10-5-3-9(8-14(10)11)4-6-12(15)16/h7,9H,2-6,8H2,1H3,(H,15,16). The van der Waals surface area contributed by atoms with Gasteiger partial charge in [0.05, 0.1) is 0 Å². The van der Waals surface area contributed by atoms with Crippen LogP contribution >= 0.6 is 0 Å². The van der Waals surface area contributed by atoms with E-state index in [9.17, 15) is 4.79 Å². The van der Waals surface area contributed by atoms with Crippen molar-refractivity contribution < 1.29 is 9.90 Å². The van der Waals surface area contributed by atoms with Crippen LogP contribution < -0.4 is 0 Å². The Labute approximate surface area is 95.3 Å². The zero-order valence-electron chi connectivity index (χ0n) is 9.65. The molecular formula is C12H18N2O2. The molecule has 0 aromatic carbocycles. The lowest BCUT2D eigenvalue weighted by molar-refractivity contribution is -0.137. The normalized spacial score (nSPS) is 19.4. The lowest BCUT2D eigenvalue weighted by atomic mass is 9.93. The van der Waals surface area contributed by atoms with Gasteiger partial charge in [0.15, 0.2) is 0 Å². The molecule has 1 aromatic heterocycles. The monoisotopic (exact) mass is 222 g/mol. The number of aryl methyl sites for hydroxylation is 2. The summed E-state index contributed by atoms with van der Waals surface area (Å²) in [5.74, 6) is 0.949. The average molecular weight is 222 g/mol. The van der Waals surface area contributed by atoms with Crippen molar-refractivity contribution in [3.8, 4) is 0 Å². The van der Waals surface area contributed by atoms with E-state index in [-0.39, 0.29) is 6.42 Å². The third-order valence-electron chi connectivity index (χ3n) is 3.35. The summed E-state index contributed by atoms with van der Waals surface area (Å²) in [5, 5.41) is 8.68. The number of carboxylic acids is 1. The molecule has 1 aromatic rings. The molecule has 0 aliphatic carbocycles. The van der Waals surface area contributed by atoms with Crippen molar-refractivity contribution in [3.63, 3.8) is 0 Å². The fourth-order valence-corrected chi connectivity index (χ4v) is 2.42. The van der Waals surface area contributed by atoms with Crippen molar-refractivity contribution in [3.05, 3.63) is 17.7 Å². The van der Waals surface area contributed by atoms with Gasteiger partial charge in [-0.05, 0) is 25.2 Å². The van der Waals surface area contributed by atoms with Gasteiger partial charge in [-0.2, -0.15) is 0 Å². The van der Waals surface area contributed by atoms with E-state index in [1.807, 2.05) is 6.20 Å². The fraction of sp³-hybridized carbons (Fsp3) is 0.667. The molecule has 0 bridgehead atoms. The predicted octanol–water partition coefficient (Wildman–Crippen LogP) is 1.87. The minimum absolute atomic E-state index is 0.288. The number of rotatable bonds is 4. The molecular weight excluding hydrogens is 204 g/mol. The summed E-state index contributed by atoms with van der Waals surface area (Å²) in [6, 6.07) is 0. The molecule has 0 saturated heterocycles. The van der Waals surface area contributed by atoms with Gasteiger partial charge in [0.1, 0.15) is 5.82 Å². The lowest BCUT2D eigenvalue weighted by Gasteiger charge is -2.24. The molecule has 4 nitrogen and oxygen atoms in total. The number of hydrogen-bond acceptors (Lipinski definition) is 2. The van der Waals surface area contributed by atoms with Gasteiger partial charge in [0, 0.05) is 31.3 Å². The van der Waals surface area contributed by atoms with Crippen LogP contribution in [0.15, 0.2) is 6.20 Å². The molecule has 2 rings (SSSR count). The maximum atomic E-state index is 10.5. The van der Waals surface area contributed by atoms with E-state index >= 15 is 0 Å². The van der Waals surface area contributed by atoms with E-state index in [2.05, 4.69) is 16.5 Å². The maximum absolute atomic E-state index is 10.5. The summed E-state index contributed by atoms with van der Waals surface area (Å²) < 4.78 is 2.27. The molecule has 1 aliphatic rings. The first kappa shape index (κ1) is 11.2. The minimum atomic E-state index is -0.688. The van der Waals surface area contributed by atoms with E-state index in [1.165, 1.54) is 5.69 Å². The Hall–Kier alpha value is -1.32. The van der Waals surface area contributed by atoms with E-state index in [1.54, 1.807) is 0 Å². The average Bonchev–Trinajstić information content (AvgIpc) is 2.68. The third-order valence-corrected chi connectivity index (χ3v) is 3.35. The molecule has 1 atom stereocenters. The summed E-state index contributed by atoms with van der Waals surface area (Å²) in [4.78, 5) is 14.9. The number of carbonyl (C=O) groups is 1. The van der Waals surface area contributed by atoms with Crippen molar-refractivity contribution in [2.75, 3.05) is 0 Å². The van der Waals surface area contributed by atoms with E-state index in [0.29, 0.717) is 5.92 Å². The number of carboxylic acid groups (broad SMARTS) is 1. The second-order valence-electron chi connectivity index (χ2n) is 4.47. The minimum Gasteiger partial charge on any atom is -0.481 e. The highest BCUT2D eigenvalue weighted by atomic mass is 16.4. The van der Waals surface area contributed by atoms with E-state index in [4.69, 9.17) is 5.11 Å². The molecule has 88 valence electrons. The number of aliphatic carboxylic acids is 1. The first-order valence-electron chi connectivity index (χ1n) is 5.95. The first-order chi connectivity index (χ1) is 7.70. The van der Waals surface area contributed by atoms with Gasteiger partial charge >= 0.3 is 5.97 Å². The summed E-state index contributed by atoms with van der Waals surface area (Å²) in [6.45, 7) is 3.06. The Morgan fingerprint density at radius 3 is 3.19 bits per heavy atom. The first-order valence-corrected chi connectivity index (χ1v) is 5.95. The van der Waals surface area contributed by atoms with Gasteiger partial charge in [-0.15, -0.1) is 0 Å². The molecule has 2 heterocycles. The highest BCUT2D eigenvalue weighted by Gasteiger charge is 2.21. The van der Waals surface area contributed by atoms with E-state index in [0.717, 1.165) is 38.1 Å². The van der Waals surface area contributed by atoms with Gasteiger partial charge in [-0.25, -0.2) is 4.98 Å². The van der Waals surface area contributed by atoms with Gasteiger partial charge < -0.3 is 9.67 Å². The maximum Gasteiger partial charge on any atom is 0.303 e. The topological polar surface area (TPSA) is 55.1 Å². The van der Waals surface area contributed by atoms with Crippen molar-refractivity contribution in [2.45, 2.75) is 45.6 Å². The molecule has 0 amide bonds. The largest absolute Gasteiger partial charge is 0.481 e. The van der Waals surface area contributed by atoms with Crippen LogP contribution in [0.2, 0.25) is 0 Å². The molecule has 0 fully saturated rings. The summed E-state index contributed by atoms with van der Waals surface area (Å²) in [6.07, 6.45) is 6.13. The SMILES string of the molecule is CCc1ncc2n1CC(CCC(=O)O)CC2. The van der Waals surface area contributed by atoms with Crippen LogP contribution in [0.1, 0.15) is 37.7 Å². The molecule has 1 aliphatic heterocycles. The summed E-state index contributed by atoms with van der Waals surface area (Å²) >= 11 is 0.